The zero-order valence-corrected chi connectivity index (χ0v) is 8.79. The van der Waals surface area contributed by atoms with Gasteiger partial charge in [0.05, 0.1) is 0 Å². The topological polar surface area (TPSA) is 97.0 Å². The van der Waals surface area contributed by atoms with Gasteiger partial charge in [-0.2, -0.15) is 0 Å². The van der Waals surface area contributed by atoms with E-state index in [-0.39, 0.29) is 11.8 Å². The van der Waals surface area contributed by atoms with Gasteiger partial charge in [-0.3, -0.25) is 9.59 Å². The summed E-state index contributed by atoms with van der Waals surface area (Å²) in [5, 5.41) is 0. The van der Waals surface area contributed by atoms with Gasteiger partial charge in [0.1, 0.15) is 0 Å². The van der Waals surface area contributed by atoms with Crippen molar-refractivity contribution < 1.29 is 20.1 Å². The molecule has 5 heteroatoms. The van der Waals surface area contributed by atoms with Crippen molar-refractivity contribution >= 4 is 11.8 Å². The van der Waals surface area contributed by atoms with E-state index in [0.29, 0.717) is 13.0 Å². The minimum absolute atomic E-state index is 0.0757. The Balaban J connectivity index is 4.22. The number of hydrogen-bond acceptors (Lipinski definition) is 4. The van der Waals surface area contributed by atoms with Crippen LogP contribution in [0.5, 0.6) is 0 Å². The Labute approximate surface area is 83.8 Å². The predicted molar refractivity (Wildman–Crippen MR) is 51.2 cm³/mol. The summed E-state index contributed by atoms with van der Waals surface area (Å²) in [6.07, 6.45) is 0.870. The second-order valence-corrected chi connectivity index (χ2v) is 3.30. The van der Waals surface area contributed by atoms with Crippen LogP contribution >= 0.6 is 0 Å². The van der Waals surface area contributed by atoms with E-state index in [1.165, 1.54) is 13.8 Å². The van der Waals surface area contributed by atoms with Gasteiger partial charge < -0.3 is 16.2 Å². The van der Waals surface area contributed by atoms with Crippen molar-refractivity contribution in [2.24, 2.45) is 5.73 Å². The van der Waals surface area contributed by atoms with E-state index >= 15 is 0 Å². The molecular formula is C9H19N2O3+. The summed E-state index contributed by atoms with van der Waals surface area (Å²) in [6, 6.07) is -0.495. The van der Waals surface area contributed by atoms with Gasteiger partial charge >= 0.3 is 5.97 Å². The molecule has 0 bridgehead atoms. The highest BCUT2D eigenvalue weighted by Gasteiger charge is 2.27. The van der Waals surface area contributed by atoms with E-state index in [1.807, 2.05) is 0 Å². The standard InChI is InChI=1S/C9H18N2O3/c1-6(12)9(11)8(4-3-5-10)14-7(2)13/h8-9H,3-5,10-11H2,1-2H3/p+1. The summed E-state index contributed by atoms with van der Waals surface area (Å²) in [7, 11) is 0. The predicted octanol–water partition coefficient (Wildman–Crippen LogP) is -1.14. The molecule has 0 aromatic rings. The van der Waals surface area contributed by atoms with Crippen LogP contribution in [0.15, 0.2) is 0 Å². The number of ketones is 1. The average molecular weight is 203 g/mol. The van der Waals surface area contributed by atoms with Gasteiger partial charge in [-0.05, 0) is 19.4 Å². The van der Waals surface area contributed by atoms with Gasteiger partial charge in [0.2, 0.25) is 0 Å². The lowest BCUT2D eigenvalue weighted by atomic mass is 10.0. The first-order valence-electron chi connectivity index (χ1n) is 4.69. The van der Waals surface area contributed by atoms with Crippen LogP contribution in [-0.2, 0) is 14.3 Å². The SMILES string of the molecule is CC(=O)OC(CCCN)C([NH3+])C(C)=O. The number of rotatable bonds is 6. The van der Waals surface area contributed by atoms with Crippen molar-refractivity contribution in [1.82, 2.24) is 0 Å². The maximum Gasteiger partial charge on any atom is 0.303 e. The lowest BCUT2D eigenvalue weighted by Crippen LogP contribution is -2.70. The first kappa shape index (κ1) is 13.1. The molecule has 5 N–H and O–H groups in total. The quantitative estimate of drug-likeness (QED) is 0.533. The molecule has 2 unspecified atom stereocenters. The third kappa shape index (κ3) is 4.94. The molecule has 0 aliphatic carbocycles. The fourth-order valence-corrected chi connectivity index (χ4v) is 1.14. The summed E-state index contributed by atoms with van der Waals surface area (Å²) < 4.78 is 5.00. The Kier molecular flexibility index (Phi) is 6.07. The van der Waals surface area contributed by atoms with Gasteiger partial charge in [0, 0.05) is 13.8 Å². The van der Waals surface area contributed by atoms with E-state index < -0.39 is 12.1 Å². The van der Waals surface area contributed by atoms with Crippen LogP contribution in [0, 0.1) is 0 Å². The van der Waals surface area contributed by atoms with Crippen molar-refractivity contribution in [1.29, 1.82) is 0 Å². The van der Waals surface area contributed by atoms with Crippen molar-refractivity contribution in [2.45, 2.75) is 38.8 Å². The molecule has 2 atom stereocenters. The molecule has 0 aromatic heterocycles. The van der Waals surface area contributed by atoms with E-state index in [1.54, 1.807) is 0 Å². The van der Waals surface area contributed by atoms with Crippen molar-refractivity contribution in [3.63, 3.8) is 0 Å². The molecule has 0 amide bonds. The highest BCUT2D eigenvalue weighted by Crippen LogP contribution is 2.05. The van der Waals surface area contributed by atoms with Gasteiger partial charge in [0.25, 0.3) is 0 Å². The zero-order chi connectivity index (χ0) is 11.1. The van der Waals surface area contributed by atoms with Gasteiger partial charge in [-0.1, -0.05) is 0 Å². The normalized spacial score (nSPS) is 14.6. The summed E-state index contributed by atoms with van der Waals surface area (Å²) in [4.78, 5) is 21.8. The first-order chi connectivity index (χ1) is 6.49. The Hall–Kier alpha value is -0.940. The molecular weight excluding hydrogens is 184 g/mol. The van der Waals surface area contributed by atoms with E-state index in [0.717, 1.165) is 6.42 Å². The summed E-state index contributed by atoms with van der Waals surface area (Å²) >= 11 is 0. The average Bonchev–Trinajstić information content (AvgIpc) is 2.10. The van der Waals surface area contributed by atoms with Crippen LogP contribution < -0.4 is 11.5 Å². The number of esters is 1. The van der Waals surface area contributed by atoms with E-state index in [9.17, 15) is 9.59 Å². The lowest BCUT2D eigenvalue weighted by Gasteiger charge is -2.18. The maximum absolute atomic E-state index is 11.0. The molecule has 0 aromatic carbocycles. The fourth-order valence-electron chi connectivity index (χ4n) is 1.14. The highest BCUT2D eigenvalue weighted by molar-refractivity contribution is 5.80. The molecule has 0 saturated heterocycles. The zero-order valence-electron chi connectivity index (χ0n) is 8.79. The molecule has 14 heavy (non-hydrogen) atoms. The van der Waals surface area contributed by atoms with Crippen LogP contribution in [0.3, 0.4) is 0 Å². The fraction of sp³-hybridized carbons (Fsp3) is 0.778. The summed E-state index contributed by atoms with van der Waals surface area (Å²) in [5.74, 6) is -0.463. The number of ether oxygens (including phenoxy) is 1. The van der Waals surface area contributed by atoms with Crippen LogP contribution in [0.25, 0.3) is 0 Å². The molecule has 0 radical (unpaired) electrons. The Morgan fingerprint density at radius 1 is 1.43 bits per heavy atom. The van der Waals surface area contributed by atoms with Crippen molar-refractivity contribution in [3.8, 4) is 0 Å². The van der Waals surface area contributed by atoms with Gasteiger partial charge in [0.15, 0.2) is 17.9 Å². The Morgan fingerprint density at radius 2 is 2.00 bits per heavy atom. The molecule has 82 valence electrons. The third-order valence-corrected chi connectivity index (χ3v) is 1.98. The largest absolute Gasteiger partial charge is 0.456 e. The second kappa shape index (κ2) is 6.50. The van der Waals surface area contributed by atoms with Gasteiger partial charge in [-0.15, -0.1) is 0 Å². The summed E-state index contributed by atoms with van der Waals surface area (Å²) in [6.45, 7) is 3.28. The molecule has 0 rings (SSSR count). The minimum atomic E-state index is -0.495. The molecule has 0 heterocycles. The maximum atomic E-state index is 11.0. The number of hydrogen-bond donors (Lipinski definition) is 2. The number of Topliss-reactive ketones (excluding diaryl/α,β-unsaturated/α-hetero) is 1. The number of carbonyl (C=O) groups excluding carboxylic acids is 2. The monoisotopic (exact) mass is 203 g/mol. The van der Waals surface area contributed by atoms with Crippen LogP contribution in [0.2, 0.25) is 0 Å². The second-order valence-electron chi connectivity index (χ2n) is 3.30. The van der Waals surface area contributed by atoms with Crippen LogP contribution in [0.1, 0.15) is 26.7 Å². The molecule has 5 nitrogen and oxygen atoms in total. The third-order valence-electron chi connectivity index (χ3n) is 1.98. The molecule has 0 fully saturated rings. The van der Waals surface area contributed by atoms with E-state index in [2.05, 4.69) is 5.73 Å². The number of carbonyl (C=O) groups is 2. The Bertz CT molecular complexity index is 206. The number of quaternary nitrogens is 1. The Morgan fingerprint density at radius 3 is 2.36 bits per heavy atom. The van der Waals surface area contributed by atoms with Crippen LogP contribution in [0.4, 0.5) is 0 Å². The molecule has 0 spiro atoms. The van der Waals surface area contributed by atoms with Crippen LogP contribution in [-0.4, -0.2) is 30.4 Å². The first-order valence-corrected chi connectivity index (χ1v) is 4.69. The number of nitrogens with two attached hydrogens (primary N) is 1. The van der Waals surface area contributed by atoms with Gasteiger partial charge in [-0.25, -0.2) is 0 Å². The van der Waals surface area contributed by atoms with Crippen molar-refractivity contribution in [2.75, 3.05) is 6.54 Å². The smallest absolute Gasteiger partial charge is 0.303 e. The molecule has 0 saturated carbocycles. The highest BCUT2D eigenvalue weighted by atomic mass is 16.5. The van der Waals surface area contributed by atoms with Crippen molar-refractivity contribution in [3.05, 3.63) is 0 Å². The lowest BCUT2D eigenvalue weighted by molar-refractivity contribution is -0.420. The molecule has 0 aliphatic rings. The molecule has 0 aliphatic heterocycles. The summed E-state index contributed by atoms with van der Waals surface area (Å²) in [5.41, 5.74) is 9.01. The van der Waals surface area contributed by atoms with E-state index in [4.69, 9.17) is 10.5 Å². The minimum Gasteiger partial charge on any atom is -0.456 e.